The third-order valence-corrected chi connectivity index (χ3v) is 2.73. The zero-order chi connectivity index (χ0) is 15.3. The molecule has 0 heterocycles. The highest BCUT2D eigenvalue weighted by Gasteiger charge is 2.21. The van der Waals surface area contributed by atoms with Crippen molar-refractivity contribution in [2.24, 2.45) is 5.92 Å². The fourth-order valence-corrected chi connectivity index (χ4v) is 1.81. The Bertz CT molecular complexity index is 468. The molecule has 20 heavy (non-hydrogen) atoms. The van der Waals surface area contributed by atoms with Crippen LogP contribution in [0.3, 0.4) is 0 Å². The summed E-state index contributed by atoms with van der Waals surface area (Å²) in [5, 5.41) is 8.70. The van der Waals surface area contributed by atoms with E-state index in [9.17, 15) is 9.59 Å². The lowest BCUT2D eigenvalue weighted by Gasteiger charge is -2.22. The second kappa shape index (κ2) is 6.55. The van der Waals surface area contributed by atoms with Crippen LogP contribution in [0.15, 0.2) is 24.3 Å². The first-order valence-electron chi connectivity index (χ1n) is 6.70. The molecule has 0 saturated carbocycles. The maximum atomic E-state index is 11.9. The van der Waals surface area contributed by atoms with Gasteiger partial charge >= 0.3 is 11.9 Å². The van der Waals surface area contributed by atoms with Crippen LogP contribution in [0.2, 0.25) is 0 Å². The van der Waals surface area contributed by atoms with Crippen molar-refractivity contribution in [1.82, 2.24) is 0 Å². The van der Waals surface area contributed by atoms with Crippen molar-refractivity contribution < 1.29 is 19.4 Å². The van der Waals surface area contributed by atoms with E-state index in [0.29, 0.717) is 6.42 Å². The van der Waals surface area contributed by atoms with Gasteiger partial charge in [-0.1, -0.05) is 31.2 Å². The van der Waals surface area contributed by atoms with Crippen LogP contribution < -0.4 is 0 Å². The first-order chi connectivity index (χ1) is 9.17. The van der Waals surface area contributed by atoms with Gasteiger partial charge in [0, 0.05) is 0 Å². The van der Waals surface area contributed by atoms with Crippen LogP contribution >= 0.6 is 0 Å². The van der Waals surface area contributed by atoms with Gasteiger partial charge < -0.3 is 9.84 Å². The van der Waals surface area contributed by atoms with Crippen molar-refractivity contribution in [3.05, 3.63) is 35.4 Å². The third-order valence-electron chi connectivity index (χ3n) is 2.73. The van der Waals surface area contributed by atoms with E-state index < -0.39 is 11.6 Å². The Hall–Kier alpha value is -1.84. The van der Waals surface area contributed by atoms with E-state index in [-0.39, 0.29) is 18.3 Å². The minimum Gasteiger partial charge on any atom is -0.481 e. The number of carboxylic acid groups (broad SMARTS) is 1. The number of esters is 1. The monoisotopic (exact) mass is 278 g/mol. The number of rotatable bonds is 5. The summed E-state index contributed by atoms with van der Waals surface area (Å²) in [6, 6.07) is 7.29. The van der Waals surface area contributed by atoms with Crippen LogP contribution in [0.25, 0.3) is 0 Å². The van der Waals surface area contributed by atoms with E-state index in [4.69, 9.17) is 9.84 Å². The molecule has 0 bridgehead atoms. The number of carbonyl (C=O) groups is 2. The number of aliphatic carboxylic acids is 1. The summed E-state index contributed by atoms with van der Waals surface area (Å²) in [5.41, 5.74) is 1.28. The molecule has 110 valence electrons. The van der Waals surface area contributed by atoms with E-state index in [1.807, 2.05) is 39.8 Å². The smallest absolute Gasteiger partial charge is 0.309 e. The molecule has 0 saturated heterocycles. The van der Waals surface area contributed by atoms with E-state index in [1.165, 1.54) is 0 Å². The van der Waals surface area contributed by atoms with Crippen LogP contribution in [0, 0.1) is 5.92 Å². The van der Waals surface area contributed by atoms with Gasteiger partial charge in [-0.05, 0) is 38.3 Å². The molecule has 0 aliphatic carbocycles. The van der Waals surface area contributed by atoms with E-state index >= 15 is 0 Å². The largest absolute Gasteiger partial charge is 0.481 e. The first kappa shape index (κ1) is 16.2. The number of ether oxygens (including phenoxy) is 1. The summed E-state index contributed by atoms with van der Waals surface area (Å²) in [6.45, 7) is 7.37. The lowest BCUT2D eigenvalue weighted by Crippen LogP contribution is -2.28. The Morgan fingerprint density at radius 3 is 2.10 bits per heavy atom. The Morgan fingerprint density at radius 2 is 1.65 bits per heavy atom. The SMILES string of the molecule is CC(Cc1ccc(CC(=O)O)cc1)C(=O)OC(C)(C)C. The summed E-state index contributed by atoms with van der Waals surface area (Å²) in [4.78, 5) is 22.5. The average Bonchev–Trinajstić information content (AvgIpc) is 2.28. The molecule has 4 nitrogen and oxygen atoms in total. The molecule has 1 N–H and O–H groups in total. The number of hydrogen-bond donors (Lipinski definition) is 1. The summed E-state index contributed by atoms with van der Waals surface area (Å²) in [7, 11) is 0. The lowest BCUT2D eigenvalue weighted by molar-refractivity contribution is -0.159. The average molecular weight is 278 g/mol. The van der Waals surface area contributed by atoms with Gasteiger partial charge in [0.25, 0.3) is 0 Å². The van der Waals surface area contributed by atoms with Gasteiger partial charge in [-0.2, -0.15) is 0 Å². The third kappa shape index (κ3) is 5.87. The van der Waals surface area contributed by atoms with Crippen LogP contribution in [0.1, 0.15) is 38.8 Å². The summed E-state index contributed by atoms with van der Waals surface area (Å²) in [6.07, 6.45) is 0.601. The van der Waals surface area contributed by atoms with Crippen molar-refractivity contribution in [2.75, 3.05) is 0 Å². The van der Waals surface area contributed by atoms with E-state index in [2.05, 4.69) is 0 Å². The standard InChI is InChI=1S/C16H22O4/c1-11(15(19)20-16(2,3)4)9-12-5-7-13(8-6-12)10-14(17)18/h5-8,11H,9-10H2,1-4H3,(H,17,18). The summed E-state index contributed by atoms with van der Waals surface area (Å²) in [5.74, 6) is -1.29. The van der Waals surface area contributed by atoms with Gasteiger partial charge in [-0.25, -0.2) is 0 Å². The lowest BCUT2D eigenvalue weighted by atomic mass is 9.99. The molecule has 1 aromatic carbocycles. The van der Waals surface area contributed by atoms with Crippen molar-refractivity contribution >= 4 is 11.9 Å². The topological polar surface area (TPSA) is 63.6 Å². The molecule has 0 aromatic heterocycles. The molecule has 1 atom stereocenters. The van der Waals surface area contributed by atoms with Gasteiger partial charge in [0.2, 0.25) is 0 Å². The van der Waals surface area contributed by atoms with Crippen LogP contribution in [0.4, 0.5) is 0 Å². The fourth-order valence-electron chi connectivity index (χ4n) is 1.81. The maximum Gasteiger partial charge on any atom is 0.309 e. The Morgan fingerprint density at radius 1 is 1.15 bits per heavy atom. The minimum absolute atomic E-state index is 0.0158. The van der Waals surface area contributed by atoms with Gasteiger partial charge in [-0.3, -0.25) is 9.59 Å². The number of carbonyl (C=O) groups excluding carboxylic acids is 1. The zero-order valence-electron chi connectivity index (χ0n) is 12.5. The number of carboxylic acids is 1. The molecule has 0 radical (unpaired) electrons. The number of hydrogen-bond acceptors (Lipinski definition) is 3. The number of benzene rings is 1. The van der Waals surface area contributed by atoms with Crippen molar-refractivity contribution in [2.45, 2.75) is 46.1 Å². The predicted octanol–water partition coefficient (Wildman–Crippen LogP) is 2.83. The van der Waals surface area contributed by atoms with Crippen molar-refractivity contribution in [3.8, 4) is 0 Å². The molecule has 1 rings (SSSR count). The molecule has 0 aliphatic rings. The summed E-state index contributed by atoms with van der Waals surface area (Å²) >= 11 is 0. The van der Waals surface area contributed by atoms with Crippen molar-refractivity contribution in [3.63, 3.8) is 0 Å². The normalized spacial score (nSPS) is 12.8. The zero-order valence-corrected chi connectivity index (χ0v) is 12.5. The highest BCUT2D eigenvalue weighted by molar-refractivity contribution is 5.73. The second-order valence-corrected chi connectivity index (χ2v) is 6.03. The first-order valence-corrected chi connectivity index (χ1v) is 6.70. The quantitative estimate of drug-likeness (QED) is 0.841. The van der Waals surface area contributed by atoms with Crippen LogP contribution in [0.5, 0.6) is 0 Å². The molecular formula is C16H22O4. The van der Waals surface area contributed by atoms with Gasteiger partial charge in [-0.15, -0.1) is 0 Å². The van der Waals surface area contributed by atoms with Gasteiger partial charge in [0.1, 0.15) is 5.60 Å². The van der Waals surface area contributed by atoms with Crippen LogP contribution in [-0.4, -0.2) is 22.6 Å². The molecule has 0 amide bonds. The van der Waals surface area contributed by atoms with E-state index in [1.54, 1.807) is 12.1 Å². The molecule has 0 aliphatic heterocycles. The van der Waals surface area contributed by atoms with E-state index in [0.717, 1.165) is 11.1 Å². The predicted molar refractivity (Wildman–Crippen MR) is 76.5 cm³/mol. The highest BCUT2D eigenvalue weighted by Crippen LogP contribution is 2.16. The Kier molecular flexibility index (Phi) is 5.31. The molecule has 1 unspecified atom stereocenters. The van der Waals surface area contributed by atoms with Gasteiger partial charge in [0.05, 0.1) is 12.3 Å². The molecule has 0 fully saturated rings. The second-order valence-electron chi connectivity index (χ2n) is 6.03. The Balaban J connectivity index is 2.60. The molecule has 4 heteroatoms. The maximum absolute atomic E-state index is 11.9. The minimum atomic E-state index is -0.847. The molecule has 1 aromatic rings. The van der Waals surface area contributed by atoms with Crippen molar-refractivity contribution in [1.29, 1.82) is 0 Å². The van der Waals surface area contributed by atoms with Gasteiger partial charge in [0.15, 0.2) is 0 Å². The fraction of sp³-hybridized carbons (Fsp3) is 0.500. The summed E-state index contributed by atoms with van der Waals surface area (Å²) < 4.78 is 5.33. The highest BCUT2D eigenvalue weighted by atomic mass is 16.6. The molecule has 0 spiro atoms. The van der Waals surface area contributed by atoms with Crippen LogP contribution in [-0.2, 0) is 27.2 Å². The Labute approximate surface area is 119 Å². The molecular weight excluding hydrogens is 256 g/mol.